The average Bonchev–Trinajstić information content (AvgIpc) is 2.63. The molecule has 0 heterocycles. The van der Waals surface area contributed by atoms with E-state index in [0.29, 0.717) is 11.7 Å². The lowest BCUT2D eigenvalue weighted by Crippen LogP contribution is -1.96. The second-order valence-electron chi connectivity index (χ2n) is 3.98. The number of terminal acetylenes is 1. The van der Waals surface area contributed by atoms with Crippen molar-refractivity contribution in [1.29, 1.82) is 0 Å². The zero-order valence-corrected chi connectivity index (χ0v) is 8.83. The van der Waals surface area contributed by atoms with Crippen molar-refractivity contribution in [3.8, 4) is 18.1 Å². The lowest BCUT2D eigenvalue weighted by atomic mass is 9.93. The minimum absolute atomic E-state index is 0.373. The van der Waals surface area contributed by atoms with E-state index in [1.165, 1.54) is 5.57 Å². The second-order valence-corrected chi connectivity index (χ2v) is 3.98. The summed E-state index contributed by atoms with van der Waals surface area (Å²) in [7, 11) is 0. The fourth-order valence-electron chi connectivity index (χ4n) is 2.13. The summed E-state index contributed by atoms with van der Waals surface area (Å²) in [5.74, 6) is 3.45. The summed E-state index contributed by atoms with van der Waals surface area (Å²) in [4.78, 5) is 0. The highest BCUT2D eigenvalue weighted by atomic mass is 16.3. The van der Waals surface area contributed by atoms with Crippen molar-refractivity contribution in [3.05, 3.63) is 35.4 Å². The first-order valence-electron chi connectivity index (χ1n) is 5.18. The number of hydrogen-bond donors (Lipinski definition) is 1. The SMILES string of the molecule is C#CCC(C)C1=CCc2c(O)cccc21. The van der Waals surface area contributed by atoms with Gasteiger partial charge in [0.25, 0.3) is 0 Å². The summed E-state index contributed by atoms with van der Waals surface area (Å²) in [5, 5.41) is 9.69. The average molecular weight is 198 g/mol. The molecule has 0 fully saturated rings. The van der Waals surface area contributed by atoms with Gasteiger partial charge in [0, 0.05) is 12.0 Å². The third-order valence-electron chi connectivity index (χ3n) is 2.94. The van der Waals surface area contributed by atoms with E-state index in [1.807, 2.05) is 6.07 Å². The molecule has 15 heavy (non-hydrogen) atoms. The van der Waals surface area contributed by atoms with E-state index in [9.17, 15) is 5.11 Å². The summed E-state index contributed by atoms with van der Waals surface area (Å²) < 4.78 is 0. The van der Waals surface area contributed by atoms with Crippen molar-refractivity contribution in [3.63, 3.8) is 0 Å². The molecule has 1 aliphatic carbocycles. The van der Waals surface area contributed by atoms with E-state index in [-0.39, 0.29) is 0 Å². The maximum Gasteiger partial charge on any atom is 0.119 e. The third kappa shape index (κ3) is 1.64. The summed E-state index contributed by atoms with van der Waals surface area (Å²) in [6.07, 6.45) is 9.07. The second kappa shape index (κ2) is 3.82. The van der Waals surface area contributed by atoms with E-state index >= 15 is 0 Å². The molecule has 0 saturated heterocycles. The Kier molecular flexibility index (Phi) is 2.51. The molecule has 0 aliphatic heterocycles. The fourth-order valence-corrected chi connectivity index (χ4v) is 2.13. The van der Waals surface area contributed by atoms with Gasteiger partial charge in [0.2, 0.25) is 0 Å². The van der Waals surface area contributed by atoms with Crippen LogP contribution in [0.25, 0.3) is 5.57 Å². The molecule has 1 atom stereocenters. The van der Waals surface area contributed by atoms with E-state index < -0.39 is 0 Å². The number of phenols is 1. The molecular weight excluding hydrogens is 184 g/mol. The monoisotopic (exact) mass is 198 g/mol. The molecule has 0 radical (unpaired) electrons. The van der Waals surface area contributed by atoms with Crippen LogP contribution >= 0.6 is 0 Å². The first-order valence-corrected chi connectivity index (χ1v) is 5.18. The summed E-state index contributed by atoms with van der Waals surface area (Å²) in [6, 6.07) is 5.68. The zero-order valence-electron chi connectivity index (χ0n) is 8.83. The van der Waals surface area contributed by atoms with E-state index in [1.54, 1.807) is 6.07 Å². The van der Waals surface area contributed by atoms with Crippen molar-refractivity contribution in [1.82, 2.24) is 0 Å². The third-order valence-corrected chi connectivity index (χ3v) is 2.94. The van der Waals surface area contributed by atoms with Crippen LogP contribution in [0.1, 0.15) is 24.5 Å². The van der Waals surface area contributed by atoms with Crippen LogP contribution < -0.4 is 0 Å². The molecule has 1 heteroatoms. The lowest BCUT2D eigenvalue weighted by molar-refractivity contribution is 0.470. The Bertz CT molecular complexity index is 449. The number of hydrogen-bond acceptors (Lipinski definition) is 1. The first-order chi connectivity index (χ1) is 7.24. The van der Waals surface area contributed by atoms with E-state index in [0.717, 1.165) is 24.0 Å². The number of phenolic OH excluding ortho intramolecular Hbond substituents is 1. The number of allylic oxidation sites excluding steroid dienone is 2. The van der Waals surface area contributed by atoms with Crippen LogP contribution in [-0.4, -0.2) is 5.11 Å². The first kappa shape index (κ1) is 9.86. The van der Waals surface area contributed by atoms with Gasteiger partial charge in [0.05, 0.1) is 0 Å². The molecule has 2 rings (SSSR count). The van der Waals surface area contributed by atoms with Crippen molar-refractivity contribution in [2.75, 3.05) is 0 Å². The molecule has 0 bridgehead atoms. The molecule has 1 aliphatic rings. The smallest absolute Gasteiger partial charge is 0.119 e. The molecule has 1 nitrogen and oxygen atoms in total. The van der Waals surface area contributed by atoms with Gasteiger partial charge in [0.1, 0.15) is 5.75 Å². The molecular formula is C14H14O. The maximum atomic E-state index is 9.69. The quantitative estimate of drug-likeness (QED) is 0.724. The van der Waals surface area contributed by atoms with Crippen LogP contribution in [0.15, 0.2) is 24.3 Å². The topological polar surface area (TPSA) is 20.2 Å². The van der Waals surface area contributed by atoms with Gasteiger partial charge in [-0.1, -0.05) is 25.1 Å². The van der Waals surface area contributed by atoms with Crippen LogP contribution in [0, 0.1) is 18.3 Å². The Labute approximate surface area is 90.4 Å². The number of fused-ring (bicyclic) bond motifs is 1. The molecule has 76 valence electrons. The number of aromatic hydroxyl groups is 1. The lowest BCUT2D eigenvalue weighted by Gasteiger charge is -2.12. The maximum absolute atomic E-state index is 9.69. The number of rotatable bonds is 2. The van der Waals surface area contributed by atoms with Crippen molar-refractivity contribution in [2.24, 2.45) is 5.92 Å². The minimum atomic E-state index is 0.373. The Morgan fingerprint density at radius 1 is 1.53 bits per heavy atom. The van der Waals surface area contributed by atoms with Crippen molar-refractivity contribution < 1.29 is 5.11 Å². The predicted molar refractivity (Wildman–Crippen MR) is 62.4 cm³/mol. The highest BCUT2D eigenvalue weighted by Gasteiger charge is 2.20. The van der Waals surface area contributed by atoms with Crippen LogP contribution in [0.2, 0.25) is 0 Å². The molecule has 0 amide bonds. The molecule has 0 aromatic heterocycles. The van der Waals surface area contributed by atoms with Crippen molar-refractivity contribution >= 4 is 5.57 Å². The van der Waals surface area contributed by atoms with Gasteiger partial charge in [-0.05, 0) is 29.5 Å². The predicted octanol–water partition coefficient (Wildman–Crippen LogP) is 2.99. The standard InChI is InChI=1S/C14H14O/c1-3-5-10(2)11-8-9-13-12(11)6-4-7-14(13)15/h1,4,6-8,10,15H,5,9H2,2H3. The molecule has 1 aromatic rings. The van der Waals surface area contributed by atoms with Crippen LogP contribution in [0.5, 0.6) is 5.75 Å². The highest BCUT2D eigenvalue weighted by molar-refractivity contribution is 5.76. The van der Waals surface area contributed by atoms with Gasteiger partial charge in [-0.3, -0.25) is 0 Å². The molecule has 1 unspecified atom stereocenters. The van der Waals surface area contributed by atoms with Gasteiger partial charge in [-0.2, -0.15) is 0 Å². The molecule has 0 spiro atoms. The Hall–Kier alpha value is -1.68. The van der Waals surface area contributed by atoms with E-state index in [2.05, 4.69) is 25.0 Å². The summed E-state index contributed by atoms with van der Waals surface area (Å²) in [5.41, 5.74) is 3.48. The Morgan fingerprint density at radius 2 is 2.33 bits per heavy atom. The number of benzene rings is 1. The molecule has 1 N–H and O–H groups in total. The fraction of sp³-hybridized carbons (Fsp3) is 0.286. The van der Waals surface area contributed by atoms with Gasteiger partial charge in [-0.25, -0.2) is 0 Å². The van der Waals surface area contributed by atoms with Crippen LogP contribution in [-0.2, 0) is 6.42 Å². The molecule has 0 saturated carbocycles. The summed E-state index contributed by atoms with van der Waals surface area (Å²) >= 11 is 0. The van der Waals surface area contributed by atoms with E-state index in [4.69, 9.17) is 6.42 Å². The highest BCUT2D eigenvalue weighted by Crippen LogP contribution is 2.37. The largest absolute Gasteiger partial charge is 0.508 e. The van der Waals surface area contributed by atoms with Crippen LogP contribution in [0.3, 0.4) is 0 Å². The van der Waals surface area contributed by atoms with Crippen molar-refractivity contribution in [2.45, 2.75) is 19.8 Å². The van der Waals surface area contributed by atoms with Gasteiger partial charge in [0.15, 0.2) is 0 Å². The molecule has 1 aromatic carbocycles. The Balaban J connectivity index is 2.36. The van der Waals surface area contributed by atoms with Gasteiger partial charge < -0.3 is 5.11 Å². The normalized spacial score (nSPS) is 15.3. The zero-order chi connectivity index (χ0) is 10.8. The van der Waals surface area contributed by atoms with Gasteiger partial charge in [-0.15, -0.1) is 12.3 Å². The minimum Gasteiger partial charge on any atom is -0.508 e. The van der Waals surface area contributed by atoms with Gasteiger partial charge >= 0.3 is 0 Å². The Morgan fingerprint density at radius 3 is 3.07 bits per heavy atom. The summed E-state index contributed by atoms with van der Waals surface area (Å²) in [6.45, 7) is 2.13. The van der Waals surface area contributed by atoms with Crippen LogP contribution in [0.4, 0.5) is 0 Å².